The summed E-state index contributed by atoms with van der Waals surface area (Å²) in [7, 11) is 0. The van der Waals surface area contributed by atoms with Crippen LogP contribution in [0.3, 0.4) is 0 Å². The largest absolute Gasteiger partial charge is 0.117 e. The first-order valence-electron chi connectivity index (χ1n) is 6.00. The molecule has 16 heavy (non-hydrogen) atoms. The Hall–Kier alpha value is -1.52. The lowest BCUT2D eigenvalue weighted by Gasteiger charge is -2.03. The van der Waals surface area contributed by atoms with Crippen LogP contribution in [0.25, 0.3) is 5.57 Å². The number of hydrogen-bond donors (Lipinski definition) is 0. The highest BCUT2D eigenvalue weighted by Gasteiger charge is 1.98. The SMILES string of the molecule is C/C=C/C=C=C(CCCC)c1ccccc1. The molecule has 0 amide bonds. The Kier molecular flexibility index (Phi) is 6.06. The van der Waals surface area contributed by atoms with Gasteiger partial charge in [-0.3, -0.25) is 0 Å². The van der Waals surface area contributed by atoms with Gasteiger partial charge in [-0.05, 0) is 31.4 Å². The maximum atomic E-state index is 3.38. The van der Waals surface area contributed by atoms with E-state index in [1.165, 1.54) is 24.0 Å². The minimum Gasteiger partial charge on any atom is -0.117 e. The Bertz CT molecular complexity index is 376. The van der Waals surface area contributed by atoms with Crippen molar-refractivity contribution in [3.63, 3.8) is 0 Å². The Morgan fingerprint density at radius 2 is 2.00 bits per heavy atom. The van der Waals surface area contributed by atoms with Crippen molar-refractivity contribution >= 4 is 5.57 Å². The summed E-state index contributed by atoms with van der Waals surface area (Å²) in [6, 6.07) is 10.5. The van der Waals surface area contributed by atoms with Gasteiger partial charge in [-0.2, -0.15) is 0 Å². The molecule has 0 radical (unpaired) electrons. The molecule has 0 aliphatic carbocycles. The molecular weight excluding hydrogens is 192 g/mol. The lowest BCUT2D eigenvalue weighted by atomic mass is 10.0. The van der Waals surface area contributed by atoms with Crippen LogP contribution in [0.2, 0.25) is 0 Å². The number of rotatable bonds is 5. The molecule has 0 aliphatic rings. The zero-order valence-electron chi connectivity index (χ0n) is 10.2. The van der Waals surface area contributed by atoms with E-state index in [4.69, 9.17) is 0 Å². The smallest absolute Gasteiger partial charge is 0.00120 e. The summed E-state index contributed by atoms with van der Waals surface area (Å²) in [6.45, 7) is 4.24. The van der Waals surface area contributed by atoms with Crippen molar-refractivity contribution in [3.8, 4) is 0 Å². The zero-order chi connectivity index (χ0) is 11.6. The quantitative estimate of drug-likeness (QED) is 0.476. The molecule has 1 aromatic rings. The molecule has 0 saturated heterocycles. The summed E-state index contributed by atoms with van der Waals surface area (Å²) < 4.78 is 0. The third-order valence-corrected chi connectivity index (χ3v) is 2.45. The van der Waals surface area contributed by atoms with Crippen LogP contribution in [0, 0.1) is 0 Å². The molecule has 0 aromatic heterocycles. The van der Waals surface area contributed by atoms with E-state index in [1.54, 1.807) is 0 Å². The van der Waals surface area contributed by atoms with Gasteiger partial charge in [0.1, 0.15) is 0 Å². The molecule has 0 nitrogen and oxygen atoms in total. The third kappa shape index (κ3) is 4.33. The third-order valence-electron chi connectivity index (χ3n) is 2.45. The normalized spacial score (nSPS) is 10.1. The highest BCUT2D eigenvalue weighted by Crippen LogP contribution is 2.19. The van der Waals surface area contributed by atoms with Crippen molar-refractivity contribution in [1.29, 1.82) is 0 Å². The Morgan fingerprint density at radius 1 is 1.25 bits per heavy atom. The minimum atomic E-state index is 1.11. The Balaban J connectivity index is 2.92. The summed E-state index contributed by atoms with van der Waals surface area (Å²) in [5.41, 5.74) is 5.97. The van der Waals surface area contributed by atoms with Gasteiger partial charge in [0.05, 0.1) is 0 Å². The Labute approximate surface area is 99.0 Å². The molecule has 1 aromatic carbocycles. The van der Waals surface area contributed by atoms with E-state index in [-0.39, 0.29) is 0 Å². The number of unbranched alkanes of at least 4 members (excludes halogenated alkanes) is 1. The topological polar surface area (TPSA) is 0 Å². The highest BCUT2D eigenvalue weighted by atomic mass is 14.0. The molecule has 0 heterocycles. The van der Waals surface area contributed by atoms with Gasteiger partial charge in [0.2, 0.25) is 0 Å². The molecule has 0 saturated carbocycles. The van der Waals surface area contributed by atoms with E-state index in [2.05, 4.69) is 43.0 Å². The van der Waals surface area contributed by atoms with Crippen molar-refractivity contribution in [1.82, 2.24) is 0 Å². The number of benzene rings is 1. The minimum absolute atomic E-state index is 1.11. The van der Waals surface area contributed by atoms with Crippen LogP contribution in [0.4, 0.5) is 0 Å². The molecule has 0 unspecified atom stereocenters. The lowest BCUT2D eigenvalue weighted by molar-refractivity contribution is 0.824. The number of allylic oxidation sites excluding steroid dienone is 3. The van der Waals surface area contributed by atoms with Gasteiger partial charge in [-0.25, -0.2) is 0 Å². The summed E-state index contributed by atoms with van der Waals surface area (Å²) in [6.07, 6.45) is 9.60. The summed E-state index contributed by atoms with van der Waals surface area (Å²) in [5.74, 6) is 0. The van der Waals surface area contributed by atoms with Crippen LogP contribution < -0.4 is 0 Å². The standard InChI is InChI=1S/C16H20/c1-3-5-8-12-15(11-6-4-2)16-13-9-7-10-14-16/h3,5,7-10,13-14H,4,6,11H2,1-2H3/b5-3+. The van der Waals surface area contributed by atoms with Crippen LogP contribution in [0.5, 0.6) is 0 Å². The van der Waals surface area contributed by atoms with Gasteiger partial charge in [0, 0.05) is 5.57 Å². The van der Waals surface area contributed by atoms with Gasteiger partial charge in [-0.1, -0.05) is 55.8 Å². The van der Waals surface area contributed by atoms with Crippen LogP contribution in [0.1, 0.15) is 38.7 Å². The van der Waals surface area contributed by atoms with Gasteiger partial charge in [0.25, 0.3) is 0 Å². The first kappa shape index (κ1) is 12.5. The summed E-state index contributed by atoms with van der Waals surface area (Å²) in [5, 5.41) is 0. The first-order chi connectivity index (χ1) is 7.88. The zero-order valence-corrected chi connectivity index (χ0v) is 10.2. The lowest BCUT2D eigenvalue weighted by Crippen LogP contribution is -1.83. The van der Waals surface area contributed by atoms with E-state index in [1.807, 2.05) is 25.2 Å². The van der Waals surface area contributed by atoms with Gasteiger partial charge < -0.3 is 0 Å². The van der Waals surface area contributed by atoms with Crippen molar-refractivity contribution < 1.29 is 0 Å². The van der Waals surface area contributed by atoms with Crippen LogP contribution >= 0.6 is 0 Å². The average Bonchev–Trinajstić information content (AvgIpc) is 2.35. The maximum absolute atomic E-state index is 3.38. The summed E-state index contributed by atoms with van der Waals surface area (Å²) in [4.78, 5) is 0. The van der Waals surface area contributed by atoms with Gasteiger partial charge in [-0.15, -0.1) is 5.73 Å². The predicted octanol–water partition coefficient (Wildman–Crippen LogP) is 4.99. The molecule has 0 fully saturated rings. The van der Waals surface area contributed by atoms with Crippen molar-refractivity contribution in [2.24, 2.45) is 0 Å². The number of hydrogen-bond acceptors (Lipinski definition) is 0. The molecule has 0 heteroatoms. The first-order valence-corrected chi connectivity index (χ1v) is 6.00. The van der Waals surface area contributed by atoms with Crippen molar-refractivity contribution in [2.75, 3.05) is 0 Å². The second kappa shape index (κ2) is 7.73. The second-order valence-corrected chi connectivity index (χ2v) is 3.78. The van der Waals surface area contributed by atoms with E-state index in [9.17, 15) is 0 Å². The Morgan fingerprint density at radius 3 is 2.62 bits per heavy atom. The molecule has 84 valence electrons. The molecular formula is C16H20. The van der Waals surface area contributed by atoms with E-state index in [0.717, 1.165) is 6.42 Å². The van der Waals surface area contributed by atoms with Crippen LogP contribution in [-0.4, -0.2) is 0 Å². The molecule has 0 spiro atoms. The molecule has 0 atom stereocenters. The predicted molar refractivity (Wildman–Crippen MR) is 72.3 cm³/mol. The van der Waals surface area contributed by atoms with E-state index >= 15 is 0 Å². The van der Waals surface area contributed by atoms with Gasteiger partial charge in [0.15, 0.2) is 0 Å². The van der Waals surface area contributed by atoms with Crippen LogP contribution in [0.15, 0.2) is 54.3 Å². The van der Waals surface area contributed by atoms with Crippen molar-refractivity contribution in [3.05, 3.63) is 59.9 Å². The fourth-order valence-electron chi connectivity index (χ4n) is 1.54. The fraction of sp³-hybridized carbons (Fsp3) is 0.312. The molecule has 0 N–H and O–H groups in total. The van der Waals surface area contributed by atoms with E-state index < -0.39 is 0 Å². The van der Waals surface area contributed by atoms with Gasteiger partial charge >= 0.3 is 0 Å². The summed E-state index contributed by atoms with van der Waals surface area (Å²) >= 11 is 0. The highest BCUT2D eigenvalue weighted by molar-refractivity contribution is 5.64. The van der Waals surface area contributed by atoms with E-state index in [0.29, 0.717) is 0 Å². The van der Waals surface area contributed by atoms with Crippen LogP contribution in [-0.2, 0) is 0 Å². The average molecular weight is 212 g/mol. The van der Waals surface area contributed by atoms with Crippen molar-refractivity contribution in [2.45, 2.75) is 33.1 Å². The second-order valence-electron chi connectivity index (χ2n) is 3.78. The molecule has 0 bridgehead atoms. The maximum Gasteiger partial charge on any atom is 0.00120 e. The monoisotopic (exact) mass is 212 g/mol. The molecule has 0 aliphatic heterocycles. The fourth-order valence-corrected chi connectivity index (χ4v) is 1.54. The molecule has 1 rings (SSSR count).